The second kappa shape index (κ2) is 6.46. The van der Waals surface area contributed by atoms with Gasteiger partial charge in [0.05, 0.1) is 22.2 Å². The van der Waals surface area contributed by atoms with Crippen molar-refractivity contribution in [2.75, 3.05) is 7.11 Å². The number of benzene rings is 1. The van der Waals surface area contributed by atoms with Crippen LogP contribution in [0, 0.1) is 0 Å². The van der Waals surface area contributed by atoms with Crippen LogP contribution in [-0.2, 0) is 6.54 Å². The molecular weight excluding hydrogens is 316 g/mol. The lowest BCUT2D eigenvalue weighted by molar-refractivity contribution is 0.100. The third-order valence-corrected chi connectivity index (χ3v) is 5.18. The maximum absolute atomic E-state index is 12.2. The monoisotopic (exact) mass is 332 g/mol. The van der Waals surface area contributed by atoms with E-state index in [2.05, 4.69) is 16.5 Å². The Hall–Kier alpha value is -1.92. The van der Waals surface area contributed by atoms with Crippen LogP contribution in [0.15, 0.2) is 40.7 Å². The first-order valence-corrected chi connectivity index (χ1v) is 8.72. The van der Waals surface area contributed by atoms with Gasteiger partial charge in [0, 0.05) is 12.6 Å². The molecule has 114 valence electrons. The number of rotatable bonds is 4. The molecule has 1 aromatic carbocycles. The van der Waals surface area contributed by atoms with Crippen molar-refractivity contribution in [3.8, 4) is 5.75 Å². The van der Waals surface area contributed by atoms with Crippen LogP contribution >= 0.6 is 22.7 Å². The summed E-state index contributed by atoms with van der Waals surface area (Å²) in [7, 11) is 1.66. The van der Waals surface area contributed by atoms with Crippen molar-refractivity contribution >= 4 is 38.8 Å². The summed E-state index contributed by atoms with van der Waals surface area (Å²) in [5.41, 5.74) is 1.06. The van der Waals surface area contributed by atoms with Crippen molar-refractivity contribution in [1.29, 1.82) is 0 Å². The lowest BCUT2D eigenvalue weighted by Gasteiger charge is -2.04. The number of amides is 1. The van der Waals surface area contributed by atoms with E-state index >= 15 is 0 Å². The predicted octanol–water partition coefficient (Wildman–Crippen LogP) is 3.92. The van der Waals surface area contributed by atoms with Gasteiger partial charge in [0.25, 0.3) is 5.91 Å². The summed E-state index contributed by atoms with van der Waals surface area (Å²) < 4.78 is 8.50. The highest BCUT2D eigenvalue weighted by Crippen LogP contribution is 2.23. The molecule has 0 fully saturated rings. The van der Waals surface area contributed by atoms with Crippen molar-refractivity contribution in [1.82, 2.24) is 4.57 Å². The second-order valence-electron chi connectivity index (χ2n) is 4.76. The highest BCUT2D eigenvalue weighted by atomic mass is 32.1. The van der Waals surface area contributed by atoms with E-state index in [4.69, 9.17) is 4.74 Å². The first-order valence-electron chi connectivity index (χ1n) is 7.03. The Labute approximate surface area is 136 Å². The van der Waals surface area contributed by atoms with Crippen molar-refractivity contribution in [3.05, 3.63) is 45.4 Å². The minimum Gasteiger partial charge on any atom is -0.497 e. The molecule has 0 aliphatic carbocycles. The molecule has 0 N–H and O–H groups in total. The molecule has 0 radical (unpaired) electrons. The average Bonchev–Trinajstić information content (AvgIpc) is 3.16. The highest BCUT2D eigenvalue weighted by Gasteiger charge is 2.10. The van der Waals surface area contributed by atoms with Gasteiger partial charge >= 0.3 is 0 Å². The maximum Gasteiger partial charge on any atom is 0.289 e. The summed E-state index contributed by atoms with van der Waals surface area (Å²) >= 11 is 2.95. The van der Waals surface area contributed by atoms with Crippen LogP contribution in [0.25, 0.3) is 10.2 Å². The van der Waals surface area contributed by atoms with Gasteiger partial charge in [0.2, 0.25) is 0 Å². The summed E-state index contributed by atoms with van der Waals surface area (Å²) in [6, 6.07) is 9.61. The van der Waals surface area contributed by atoms with E-state index in [9.17, 15) is 4.79 Å². The number of carbonyl (C=O) groups is 1. The molecule has 0 aliphatic heterocycles. The van der Waals surface area contributed by atoms with Crippen LogP contribution in [0.2, 0.25) is 0 Å². The van der Waals surface area contributed by atoms with E-state index in [0.29, 0.717) is 4.88 Å². The van der Waals surface area contributed by atoms with E-state index in [1.807, 2.05) is 29.6 Å². The molecule has 2 heterocycles. The molecule has 0 aliphatic rings. The molecule has 0 atom stereocenters. The van der Waals surface area contributed by atoms with Gasteiger partial charge in [-0.25, -0.2) is 0 Å². The van der Waals surface area contributed by atoms with Crippen molar-refractivity contribution in [2.24, 2.45) is 4.99 Å². The van der Waals surface area contributed by atoms with Gasteiger partial charge < -0.3 is 9.30 Å². The number of nitrogens with zero attached hydrogens (tertiary/aromatic N) is 2. The average molecular weight is 332 g/mol. The quantitative estimate of drug-likeness (QED) is 0.727. The Morgan fingerprint density at radius 2 is 2.23 bits per heavy atom. The lowest BCUT2D eigenvalue weighted by Crippen LogP contribution is -2.16. The lowest BCUT2D eigenvalue weighted by atomic mass is 10.3. The molecule has 22 heavy (non-hydrogen) atoms. The van der Waals surface area contributed by atoms with E-state index < -0.39 is 0 Å². The fourth-order valence-electron chi connectivity index (χ4n) is 2.24. The molecule has 0 saturated carbocycles. The number of methoxy groups -OCH3 is 1. The summed E-state index contributed by atoms with van der Waals surface area (Å²) in [5.74, 6) is 0.629. The number of hydrogen-bond donors (Lipinski definition) is 0. The molecule has 1 amide bonds. The van der Waals surface area contributed by atoms with Crippen LogP contribution in [-0.4, -0.2) is 17.6 Å². The van der Waals surface area contributed by atoms with Gasteiger partial charge in [0.15, 0.2) is 4.80 Å². The molecule has 0 unspecified atom stereocenters. The number of ether oxygens (including phenoxy) is 1. The second-order valence-corrected chi connectivity index (χ2v) is 6.72. The molecule has 6 heteroatoms. The van der Waals surface area contributed by atoms with Crippen molar-refractivity contribution < 1.29 is 9.53 Å². The Kier molecular flexibility index (Phi) is 4.40. The number of aryl methyl sites for hydroxylation is 1. The Morgan fingerprint density at radius 1 is 1.36 bits per heavy atom. The minimum absolute atomic E-state index is 0.182. The maximum atomic E-state index is 12.2. The minimum atomic E-state index is -0.182. The highest BCUT2D eigenvalue weighted by molar-refractivity contribution is 7.16. The van der Waals surface area contributed by atoms with Gasteiger partial charge in [-0.05, 0) is 30.0 Å². The summed E-state index contributed by atoms with van der Waals surface area (Å²) in [6.45, 7) is 2.94. The normalized spacial score (nSPS) is 12.0. The number of thiophene rings is 1. The molecule has 0 saturated heterocycles. The third-order valence-electron chi connectivity index (χ3n) is 3.27. The predicted molar refractivity (Wildman–Crippen MR) is 90.9 cm³/mol. The largest absolute Gasteiger partial charge is 0.497 e. The zero-order valence-electron chi connectivity index (χ0n) is 12.4. The number of thiazole rings is 1. The van der Waals surface area contributed by atoms with Crippen LogP contribution in [0.4, 0.5) is 0 Å². The van der Waals surface area contributed by atoms with Crippen molar-refractivity contribution in [3.63, 3.8) is 0 Å². The van der Waals surface area contributed by atoms with E-state index in [1.54, 1.807) is 13.2 Å². The number of carbonyl (C=O) groups excluding carboxylic acids is 1. The number of fused-ring (bicyclic) bond motifs is 1. The number of hydrogen-bond acceptors (Lipinski definition) is 4. The van der Waals surface area contributed by atoms with Gasteiger partial charge in [-0.3, -0.25) is 4.79 Å². The SMILES string of the molecule is CCCn1c(=NC(=O)c2cccs2)sc2ccc(OC)cc21. The molecule has 0 bridgehead atoms. The first kappa shape index (κ1) is 15.0. The molecule has 0 spiro atoms. The van der Waals surface area contributed by atoms with Gasteiger partial charge in [-0.15, -0.1) is 11.3 Å². The Bertz CT molecular complexity index is 860. The van der Waals surface area contributed by atoms with Crippen LogP contribution in [0.3, 0.4) is 0 Å². The zero-order chi connectivity index (χ0) is 15.5. The summed E-state index contributed by atoms with van der Waals surface area (Å²) in [6.07, 6.45) is 0.976. The zero-order valence-corrected chi connectivity index (χ0v) is 14.0. The standard InChI is InChI=1S/C16H16N2O2S2/c1-3-8-18-12-10-11(20-2)6-7-13(12)22-16(18)17-15(19)14-5-4-9-21-14/h4-7,9-10H,3,8H2,1-2H3. The van der Waals surface area contributed by atoms with Gasteiger partial charge in [0.1, 0.15) is 5.75 Å². The summed E-state index contributed by atoms with van der Waals surface area (Å²) in [5, 5.41) is 1.89. The Morgan fingerprint density at radius 3 is 2.91 bits per heavy atom. The molecule has 4 nitrogen and oxygen atoms in total. The molecule has 2 aromatic heterocycles. The van der Waals surface area contributed by atoms with Crippen LogP contribution in [0.1, 0.15) is 23.0 Å². The van der Waals surface area contributed by atoms with Crippen molar-refractivity contribution in [2.45, 2.75) is 19.9 Å². The summed E-state index contributed by atoms with van der Waals surface area (Å²) in [4.78, 5) is 18.0. The van der Waals surface area contributed by atoms with E-state index in [0.717, 1.165) is 33.7 Å². The smallest absolute Gasteiger partial charge is 0.289 e. The number of aromatic nitrogens is 1. The first-order chi connectivity index (χ1) is 10.7. The Balaban J connectivity index is 2.16. The fraction of sp³-hybridized carbons (Fsp3) is 0.250. The van der Waals surface area contributed by atoms with Crippen LogP contribution < -0.4 is 9.54 Å². The van der Waals surface area contributed by atoms with E-state index in [-0.39, 0.29) is 5.91 Å². The van der Waals surface area contributed by atoms with Crippen LogP contribution in [0.5, 0.6) is 5.75 Å². The molecular formula is C16H16N2O2S2. The van der Waals surface area contributed by atoms with E-state index in [1.165, 1.54) is 22.7 Å². The van der Waals surface area contributed by atoms with Gasteiger partial charge in [-0.1, -0.05) is 24.3 Å². The topological polar surface area (TPSA) is 43.6 Å². The molecule has 3 aromatic rings. The fourth-order valence-corrected chi connectivity index (χ4v) is 3.89. The van der Waals surface area contributed by atoms with Gasteiger partial charge in [-0.2, -0.15) is 4.99 Å². The third kappa shape index (κ3) is 2.84. The molecule has 3 rings (SSSR count).